The van der Waals surface area contributed by atoms with Gasteiger partial charge in [-0.15, -0.1) is 23.1 Å². The standard InChI is InChI=1S/C16H16N2O6S2/c1-23-12-4-3-10(7-11(12)18(21)22)8-25-9-14(19)17-15-6-5-13(26-15)16(20)24-2/h3-7H,8-9H2,1-2H3,(H,17,19). The number of carbonyl (C=O) groups excluding carboxylic acids is 2. The third-order valence-electron chi connectivity index (χ3n) is 3.20. The Morgan fingerprint density at radius 3 is 2.69 bits per heavy atom. The van der Waals surface area contributed by atoms with Crippen molar-refractivity contribution < 1.29 is 24.0 Å². The number of thioether (sulfide) groups is 1. The molecular weight excluding hydrogens is 380 g/mol. The van der Waals surface area contributed by atoms with Gasteiger partial charge in [-0.2, -0.15) is 0 Å². The van der Waals surface area contributed by atoms with Gasteiger partial charge in [-0.1, -0.05) is 6.07 Å². The predicted molar refractivity (Wildman–Crippen MR) is 100 cm³/mol. The molecule has 2 aromatic rings. The van der Waals surface area contributed by atoms with Crippen molar-refractivity contribution in [2.24, 2.45) is 0 Å². The van der Waals surface area contributed by atoms with Gasteiger partial charge < -0.3 is 14.8 Å². The van der Waals surface area contributed by atoms with Gasteiger partial charge in [0.2, 0.25) is 5.91 Å². The largest absolute Gasteiger partial charge is 0.490 e. The van der Waals surface area contributed by atoms with E-state index in [-0.39, 0.29) is 23.1 Å². The van der Waals surface area contributed by atoms with E-state index in [9.17, 15) is 19.7 Å². The molecule has 138 valence electrons. The Bertz CT molecular complexity index is 821. The number of hydrogen-bond donors (Lipinski definition) is 1. The van der Waals surface area contributed by atoms with Crippen LogP contribution in [-0.2, 0) is 15.3 Å². The number of benzene rings is 1. The van der Waals surface area contributed by atoms with Crippen LogP contribution in [0.3, 0.4) is 0 Å². The van der Waals surface area contributed by atoms with Crippen molar-refractivity contribution >= 4 is 45.7 Å². The van der Waals surface area contributed by atoms with Crippen molar-refractivity contribution in [1.82, 2.24) is 0 Å². The van der Waals surface area contributed by atoms with E-state index in [1.54, 1.807) is 18.2 Å². The third kappa shape index (κ3) is 5.20. The second-order valence-corrected chi connectivity index (χ2v) is 7.03. The highest BCUT2D eigenvalue weighted by Gasteiger charge is 2.15. The molecule has 0 aliphatic carbocycles. The minimum Gasteiger partial charge on any atom is -0.490 e. The molecule has 1 aromatic carbocycles. The van der Waals surface area contributed by atoms with Gasteiger partial charge in [-0.3, -0.25) is 14.9 Å². The molecule has 1 N–H and O–H groups in total. The molecule has 0 spiro atoms. The molecule has 0 fully saturated rings. The van der Waals surface area contributed by atoms with Crippen molar-refractivity contribution in [3.8, 4) is 5.75 Å². The lowest BCUT2D eigenvalue weighted by Crippen LogP contribution is -2.13. The Kier molecular flexibility index (Phi) is 6.98. The van der Waals surface area contributed by atoms with E-state index in [0.29, 0.717) is 15.6 Å². The summed E-state index contributed by atoms with van der Waals surface area (Å²) in [6.07, 6.45) is 0. The van der Waals surface area contributed by atoms with E-state index in [4.69, 9.17) is 4.74 Å². The summed E-state index contributed by atoms with van der Waals surface area (Å²) in [6, 6.07) is 7.90. The van der Waals surface area contributed by atoms with Crippen LogP contribution in [0.25, 0.3) is 0 Å². The maximum absolute atomic E-state index is 12.0. The average molecular weight is 396 g/mol. The number of nitro benzene ring substituents is 1. The average Bonchev–Trinajstić information content (AvgIpc) is 3.09. The molecule has 10 heteroatoms. The lowest BCUT2D eigenvalue weighted by Gasteiger charge is -2.05. The highest BCUT2D eigenvalue weighted by Crippen LogP contribution is 2.29. The first-order valence-electron chi connectivity index (χ1n) is 7.31. The number of nitrogens with one attached hydrogen (secondary N) is 1. The topological polar surface area (TPSA) is 108 Å². The Balaban J connectivity index is 1.86. The van der Waals surface area contributed by atoms with Crippen LogP contribution in [-0.4, -0.2) is 36.8 Å². The summed E-state index contributed by atoms with van der Waals surface area (Å²) in [5.41, 5.74) is 0.614. The first-order valence-corrected chi connectivity index (χ1v) is 9.28. The summed E-state index contributed by atoms with van der Waals surface area (Å²) in [6.45, 7) is 0. The summed E-state index contributed by atoms with van der Waals surface area (Å²) in [7, 11) is 2.66. The molecule has 0 radical (unpaired) electrons. The fourth-order valence-corrected chi connectivity index (χ4v) is 3.63. The van der Waals surface area contributed by atoms with Crippen LogP contribution in [0.4, 0.5) is 10.7 Å². The van der Waals surface area contributed by atoms with Gasteiger partial charge in [0, 0.05) is 11.8 Å². The number of carbonyl (C=O) groups is 2. The summed E-state index contributed by atoms with van der Waals surface area (Å²) in [4.78, 5) is 34.2. The van der Waals surface area contributed by atoms with Crippen LogP contribution in [0.15, 0.2) is 30.3 Å². The number of nitrogens with zero attached hydrogens (tertiary/aromatic N) is 1. The summed E-state index contributed by atoms with van der Waals surface area (Å²) < 4.78 is 9.56. The van der Waals surface area contributed by atoms with Crippen LogP contribution in [0.1, 0.15) is 15.2 Å². The van der Waals surface area contributed by atoms with Gasteiger partial charge in [0.1, 0.15) is 4.88 Å². The number of ether oxygens (including phenoxy) is 2. The Morgan fingerprint density at radius 1 is 1.27 bits per heavy atom. The van der Waals surface area contributed by atoms with Gasteiger partial charge in [-0.05, 0) is 23.8 Å². The molecule has 8 nitrogen and oxygen atoms in total. The maximum Gasteiger partial charge on any atom is 0.348 e. The van der Waals surface area contributed by atoms with Gasteiger partial charge >= 0.3 is 11.7 Å². The molecule has 1 aromatic heterocycles. The zero-order valence-electron chi connectivity index (χ0n) is 14.0. The molecule has 1 amide bonds. The molecule has 2 rings (SSSR count). The third-order valence-corrected chi connectivity index (χ3v) is 5.18. The Labute approximate surface area is 157 Å². The highest BCUT2D eigenvalue weighted by atomic mass is 32.2. The van der Waals surface area contributed by atoms with Crippen LogP contribution in [0, 0.1) is 10.1 Å². The Morgan fingerprint density at radius 2 is 2.04 bits per heavy atom. The summed E-state index contributed by atoms with van der Waals surface area (Å²) in [5.74, 6) is 0.129. The first-order chi connectivity index (χ1) is 12.4. The number of esters is 1. The number of anilines is 1. The SMILES string of the molecule is COC(=O)c1ccc(NC(=O)CSCc2ccc(OC)c([N+](=O)[O-])c2)s1. The van der Waals surface area contributed by atoms with Gasteiger partial charge in [0.15, 0.2) is 5.75 Å². The zero-order chi connectivity index (χ0) is 19.1. The number of rotatable bonds is 8. The van der Waals surface area contributed by atoms with E-state index in [0.717, 1.165) is 16.9 Å². The smallest absolute Gasteiger partial charge is 0.348 e. The van der Waals surface area contributed by atoms with Crippen molar-refractivity contribution in [1.29, 1.82) is 0 Å². The minimum atomic E-state index is -0.505. The van der Waals surface area contributed by atoms with Crippen molar-refractivity contribution in [3.63, 3.8) is 0 Å². The van der Waals surface area contributed by atoms with Crippen LogP contribution in [0.5, 0.6) is 5.75 Å². The molecule has 0 saturated carbocycles. The summed E-state index contributed by atoms with van der Waals surface area (Å²) in [5, 5.41) is 14.3. The van der Waals surface area contributed by atoms with Crippen molar-refractivity contribution in [3.05, 3.63) is 50.9 Å². The highest BCUT2D eigenvalue weighted by molar-refractivity contribution is 7.99. The molecule has 0 unspecified atom stereocenters. The molecule has 1 heterocycles. The van der Waals surface area contributed by atoms with E-state index < -0.39 is 10.9 Å². The number of thiophene rings is 1. The van der Waals surface area contributed by atoms with E-state index in [1.807, 2.05) is 0 Å². The molecule has 0 aliphatic rings. The molecule has 0 bridgehead atoms. The van der Waals surface area contributed by atoms with E-state index >= 15 is 0 Å². The number of nitro groups is 1. The van der Waals surface area contributed by atoms with Gasteiger partial charge in [0.05, 0.1) is 29.9 Å². The fraction of sp³-hybridized carbons (Fsp3) is 0.250. The van der Waals surface area contributed by atoms with Crippen LogP contribution < -0.4 is 10.1 Å². The van der Waals surface area contributed by atoms with Gasteiger partial charge in [-0.25, -0.2) is 4.79 Å². The molecule has 0 saturated heterocycles. The lowest BCUT2D eigenvalue weighted by atomic mass is 10.2. The first kappa shape index (κ1) is 19.7. The maximum atomic E-state index is 12.0. The van der Waals surface area contributed by atoms with Crippen LogP contribution >= 0.6 is 23.1 Å². The molecule has 0 atom stereocenters. The zero-order valence-corrected chi connectivity index (χ0v) is 15.6. The number of amides is 1. The molecular formula is C16H16N2O6S2. The second-order valence-electron chi connectivity index (χ2n) is 4.96. The molecule has 0 aliphatic heterocycles. The van der Waals surface area contributed by atoms with Crippen LogP contribution in [0.2, 0.25) is 0 Å². The second kappa shape index (κ2) is 9.20. The number of hydrogen-bond acceptors (Lipinski definition) is 8. The van der Waals surface area contributed by atoms with E-state index in [2.05, 4.69) is 10.1 Å². The van der Waals surface area contributed by atoms with Crippen molar-refractivity contribution in [2.75, 3.05) is 25.3 Å². The number of methoxy groups -OCH3 is 2. The normalized spacial score (nSPS) is 10.2. The van der Waals surface area contributed by atoms with Gasteiger partial charge in [0.25, 0.3) is 0 Å². The minimum absolute atomic E-state index is 0.107. The summed E-state index contributed by atoms with van der Waals surface area (Å²) >= 11 is 2.45. The van der Waals surface area contributed by atoms with E-state index in [1.165, 1.54) is 38.1 Å². The Hall–Kier alpha value is -2.59. The monoisotopic (exact) mass is 396 g/mol. The quantitative estimate of drug-likeness (QED) is 0.414. The fourth-order valence-electron chi connectivity index (χ4n) is 2.02. The van der Waals surface area contributed by atoms with Crippen molar-refractivity contribution in [2.45, 2.75) is 5.75 Å². The molecule has 26 heavy (non-hydrogen) atoms. The predicted octanol–water partition coefficient (Wildman–Crippen LogP) is 3.32. The lowest BCUT2D eigenvalue weighted by molar-refractivity contribution is -0.385.